The van der Waals surface area contributed by atoms with Crippen molar-refractivity contribution >= 4 is 45.3 Å². The maximum Gasteiger partial charge on any atom is 0.258 e. The van der Waals surface area contributed by atoms with Crippen LogP contribution >= 0.6 is 11.6 Å². The molecular weight excluding hydrogens is 488 g/mol. The summed E-state index contributed by atoms with van der Waals surface area (Å²) in [6, 6.07) is 3.60. The third-order valence-electron chi connectivity index (χ3n) is 6.43. The number of alkyl halides is 2. The summed E-state index contributed by atoms with van der Waals surface area (Å²) in [5.74, 6) is 5.75. The molecule has 1 aliphatic rings. The van der Waals surface area contributed by atoms with E-state index in [1.807, 2.05) is 17.6 Å². The molecule has 4 aromatic rings. The number of hydrogen-bond donors (Lipinski definition) is 1. The molecule has 0 bridgehead atoms. The molecule has 0 saturated carbocycles. The van der Waals surface area contributed by atoms with Gasteiger partial charge in [0.2, 0.25) is 5.91 Å². The van der Waals surface area contributed by atoms with Crippen molar-refractivity contribution in [2.24, 2.45) is 0 Å². The Labute approximate surface area is 210 Å². The number of benzene rings is 1. The second-order valence-corrected chi connectivity index (χ2v) is 8.88. The number of aromatic nitrogens is 5. The van der Waals surface area contributed by atoms with E-state index >= 15 is 0 Å². The smallest absolute Gasteiger partial charge is 0.258 e. The summed E-state index contributed by atoms with van der Waals surface area (Å²) in [6.45, 7) is 6.27. The zero-order chi connectivity index (χ0) is 25.6. The summed E-state index contributed by atoms with van der Waals surface area (Å²) in [6.07, 6.45) is 1.65. The number of carbonyl (C=O) groups is 1. The van der Waals surface area contributed by atoms with Crippen molar-refractivity contribution in [2.45, 2.75) is 38.4 Å². The maximum absolute atomic E-state index is 13.7. The van der Waals surface area contributed by atoms with E-state index in [-0.39, 0.29) is 18.8 Å². The standard InChI is InChI=1S/C25H22ClF2N7O/c1-3-22(36)34-12-15(10-21(34)24(27)28)35-19-7-8-30-25(29)23(19)17(32-35)6-5-14-9-18-20(11-16(14)26)33(4-2)13-31-18/h3,7-9,11,13,15,21,24H,1,4,10,12H2,2H3,(H2,29,30)/t15-,21+/m0/s1. The van der Waals surface area contributed by atoms with Crippen molar-refractivity contribution in [2.75, 3.05) is 12.3 Å². The molecule has 184 valence electrons. The van der Waals surface area contributed by atoms with Gasteiger partial charge in [-0.1, -0.05) is 24.1 Å². The average molecular weight is 510 g/mol. The Bertz CT molecular complexity index is 1570. The summed E-state index contributed by atoms with van der Waals surface area (Å²) in [7, 11) is 0. The fourth-order valence-corrected chi connectivity index (χ4v) is 4.87. The van der Waals surface area contributed by atoms with E-state index < -0.39 is 24.4 Å². The van der Waals surface area contributed by atoms with E-state index in [1.165, 1.54) is 6.20 Å². The summed E-state index contributed by atoms with van der Waals surface area (Å²) >= 11 is 6.50. The van der Waals surface area contributed by atoms with Crippen molar-refractivity contribution < 1.29 is 13.6 Å². The minimum absolute atomic E-state index is 0.0334. The Hall–Kier alpha value is -3.97. The van der Waals surface area contributed by atoms with Gasteiger partial charge in [-0.3, -0.25) is 9.48 Å². The molecule has 1 aromatic carbocycles. The van der Waals surface area contributed by atoms with Gasteiger partial charge in [-0.2, -0.15) is 5.10 Å². The van der Waals surface area contributed by atoms with E-state index in [9.17, 15) is 13.6 Å². The molecule has 2 atom stereocenters. The molecule has 2 N–H and O–H groups in total. The van der Waals surface area contributed by atoms with Crippen LogP contribution in [0.1, 0.15) is 30.6 Å². The highest BCUT2D eigenvalue weighted by Gasteiger charge is 2.41. The lowest BCUT2D eigenvalue weighted by molar-refractivity contribution is -0.129. The lowest BCUT2D eigenvalue weighted by Gasteiger charge is -2.21. The Morgan fingerprint density at radius 3 is 2.86 bits per heavy atom. The van der Waals surface area contributed by atoms with Gasteiger partial charge in [-0.15, -0.1) is 0 Å². The second kappa shape index (κ2) is 9.24. The maximum atomic E-state index is 13.7. The summed E-state index contributed by atoms with van der Waals surface area (Å²) in [4.78, 5) is 21.9. The van der Waals surface area contributed by atoms with E-state index in [2.05, 4.69) is 33.5 Å². The Balaban J connectivity index is 1.57. The number of pyridine rings is 1. The van der Waals surface area contributed by atoms with Crippen LogP contribution in [0.25, 0.3) is 21.9 Å². The van der Waals surface area contributed by atoms with Crippen molar-refractivity contribution in [3.8, 4) is 11.8 Å². The third kappa shape index (κ3) is 3.95. The molecule has 0 spiro atoms. The lowest BCUT2D eigenvalue weighted by Crippen LogP contribution is -2.38. The molecule has 4 heterocycles. The summed E-state index contributed by atoms with van der Waals surface area (Å²) < 4.78 is 31.0. The molecule has 0 radical (unpaired) electrons. The molecule has 36 heavy (non-hydrogen) atoms. The van der Waals surface area contributed by atoms with Crippen LogP contribution in [0.4, 0.5) is 14.6 Å². The van der Waals surface area contributed by atoms with E-state index in [0.29, 0.717) is 27.2 Å². The monoisotopic (exact) mass is 509 g/mol. The van der Waals surface area contributed by atoms with Gasteiger partial charge >= 0.3 is 0 Å². The van der Waals surface area contributed by atoms with Crippen LogP contribution in [0.5, 0.6) is 0 Å². The Morgan fingerprint density at radius 1 is 1.33 bits per heavy atom. The molecule has 3 aromatic heterocycles. The van der Waals surface area contributed by atoms with Crippen LogP contribution in [-0.4, -0.2) is 54.1 Å². The molecule has 1 amide bonds. The highest BCUT2D eigenvalue weighted by molar-refractivity contribution is 6.32. The topological polar surface area (TPSA) is 94.9 Å². The molecular formula is C25H22ClF2N7O. The van der Waals surface area contributed by atoms with Crippen molar-refractivity contribution in [1.29, 1.82) is 0 Å². The first-order valence-corrected chi connectivity index (χ1v) is 11.7. The van der Waals surface area contributed by atoms with Gasteiger partial charge in [0, 0.05) is 24.8 Å². The lowest BCUT2D eigenvalue weighted by atomic mass is 10.1. The first kappa shape index (κ1) is 23.8. The molecule has 11 heteroatoms. The number of rotatable bonds is 4. The molecule has 5 rings (SSSR count). The quantitative estimate of drug-likeness (QED) is 0.331. The highest BCUT2D eigenvalue weighted by Crippen LogP contribution is 2.34. The van der Waals surface area contributed by atoms with Gasteiger partial charge in [-0.05, 0) is 43.5 Å². The predicted octanol–water partition coefficient (Wildman–Crippen LogP) is 4.03. The number of imidazole rings is 1. The highest BCUT2D eigenvalue weighted by atomic mass is 35.5. The van der Waals surface area contributed by atoms with Gasteiger partial charge < -0.3 is 15.2 Å². The van der Waals surface area contributed by atoms with Gasteiger partial charge in [0.25, 0.3) is 6.43 Å². The summed E-state index contributed by atoms with van der Waals surface area (Å²) in [5.41, 5.74) is 9.34. The summed E-state index contributed by atoms with van der Waals surface area (Å²) in [5, 5.41) is 5.60. The van der Waals surface area contributed by atoms with Crippen LogP contribution in [0.3, 0.4) is 0 Å². The Kier molecular flexibility index (Phi) is 6.10. The number of nitrogens with two attached hydrogens (primary N) is 1. The van der Waals surface area contributed by atoms with Crippen LogP contribution in [0.2, 0.25) is 5.02 Å². The van der Waals surface area contributed by atoms with Crippen LogP contribution in [0.15, 0.2) is 43.4 Å². The number of nitrogen functional groups attached to an aromatic ring is 1. The number of halogens is 3. The number of hydrogen-bond acceptors (Lipinski definition) is 5. The predicted molar refractivity (Wildman–Crippen MR) is 134 cm³/mol. The molecule has 1 fully saturated rings. The normalized spacial score (nSPS) is 17.6. The number of amides is 1. The number of carbonyl (C=O) groups excluding carboxylic acids is 1. The van der Waals surface area contributed by atoms with Gasteiger partial charge in [-0.25, -0.2) is 18.7 Å². The van der Waals surface area contributed by atoms with Crippen molar-refractivity contribution in [1.82, 2.24) is 29.2 Å². The average Bonchev–Trinajstić information content (AvgIpc) is 3.57. The first-order valence-electron chi connectivity index (χ1n) is 11.3. The Morgan fingerprint density at radius 2 is 2.14 bits per heavy atom. The molecule has 1 saturated heterocycles. The number of likely N-dealkylation sites (tertiary alicyclic amines) is 1. The van der Waals surface area contributed by atoms with Crippen LogP contribution in [-0.2, 0) is 11.3 Å². The van der Waals surface area contributed by atoms with Crippen LogP contribution < -0.4 is 5.73 Å². The SMILES string of the molecule is C=CC(=O)N1C[C@@H](n2nc(C#Cc3cc4ncn(CC)c4cc3Cl)c3c(N)nccc32)C[C@@H]1C(F)F. The van der Waals surface area contributed by atoms with Crippen molar-refractivity contribution in [3.05, 3.63) is 59.7 Å². The number of nitrogens with zero attached hydrogens (tertiary/aromatic N) is 6. The number of fused-ring (bicyclic) bond motifs is 2. The molecule has 1 aliphatic heterocycles. The fourth-order valence-electron chi connectivity index (χ4n) is 4.66. The van der Waals surface area contributed by atoms with Crippen LogP contribution in [0, 0.1) is 11.8 Å². The van der Waals surface area contributed by atoms with Gasteiger partial charge in [0.15, 0.2) is 0 Å². The molecule has 0 aliphatic carbocycles. The number of anilines is 1. The molecule has 0 unspecified atom stereocenters. The van der Waals surface area contributed by atoms with Gasteiger partial charge in [0.05, 0.1) is 45.4 Å². The zero-order valence-corrected chi connectivity index (χ0v) is 20.1. The number of aryl methyl sites for hydroxylation is 1. The largest absolute Gasteiger partial charge is 0.383 e. The first-order chi connectivity index (χ1) is 17.3. The van der Waals surface area contributed by atoms with Gasteiger partial charge in [0.1, 0.15) is 11.5 Å². The minimum atomic E-state index is -2.69. The fraction of sp³-hybridized carbons (Fsp3) is 0.280. The van der Waals surface area contributed by atoms with Crippen molar-refractivity contribution in [3.63, 3.8) is 0 Å². The zero-order valence-electron chi connectivity index (χ0n) is 19.3. The van der Waals surface area contributed by atoms with E-state index in [1.54, 1.807) is 23.1 Å². The minimum Gasteiger partial charge on any atom is -0.383 e. The third-order valence-corrected chi connectivity index (χ3v) is 6.74. The van der Waals surface area contributed by atoms with E-state index in [0.717, 1.165) is 28.6 Å². The van der Waals surface area contributed by atoms with E-state index in [4.69, 9.17) is 17.3 Å². The molecule has 8 nitrogen and oxygen atoms in total. The second-order valence-electron chi connectivity index (χ2n) is 8.47.